The van der Waals surface area contributed by atoms with Gasteiger partial charge in [-0.3, -0.25) is 4.57 Å². The average Bonchev–Trinajstić information content (AvgIpc) is 3.42. The molecule has 2 heterocycles. The number of hydrogen-bond donors (Lipinski definition) is 1. The van der Waals surface area contributed by atoms with Crippen LogP contribution in [0.3, 0.4) is 0 Å². The lowest BCUT2D eigenvalue weighted by atomic mass is 10.3. The van der Waals surface area contributed by atoms with Gasteiger partial charge in [0.15, 0.2) is 10.9 Å². The highest BCUT2D eigenvalue weighted by molar-refractivity contribution is 7.99. The second-order valence-corrected chi connectivity index (χ2v) is 7.61. The molecule has 4 rings (SSSR count). The predicted molar refractivity (Wildman–Crippen MR) is 113 cm³/mol. The number of benzene rings is 2. The summed E-state index contributed by atoms with van der Waals surface area (Å²) in [5, 5.41) is 20.2. The van der Waals surface area contributed by atoms with Crippen molar-refractivity contribution in [3.05, 3.63) is 78.0 Å². The molecule has 0 spiro atoms. The molecule has 148 valence electrons. The van der Waals surface area contributed by atoms with Crippen LogP contribution in [-0.2, 0) is 0 Å². The normalized spacial score (nSPS) is 12.1. The number of nitrogens with zero attached hydrogens (tertiary/aromatic N) is 3. The van der Waals surface area contributed by atoms with Crippen LogP contribution in [0, 0.1) is 0 Å². The molecule has 1 N–H and O–H groups in total. The molecule has 4 aromatic rings. The quantitative estimate of drug-likeness (QED) is 0.410. The number of hydrogen-bond acceptors (Lipinski definition) is 6. The Morgan fingerprint density at radius 2 is 1.83 bits per heavy atom. The summed E-state index contributed by atoms with van der Waals surface area (Å²) in [6, 6.07) is 20.5. The zero-order valence-corrected chi connectivity index (χ0v) is 16.9. The maximum absolute atomic E-state index is 10.3. The Morgan fingerprint density at radius 1 is 1.03 bits per heavy atom. The second-order valence-electron chi connectivity index (χ2n) is 6.18. The van der Waals surface area contributed by atoms with Crippen LogP contribution in [0.4, 0.5) is 0 Å². The highest BCUT2D eigenvalue weighted by atomic mass is 35.5. The third-order valence-corrected chi connectivity index (χ3v) is 5.38. The number of aliphatic hydroxyl groups excluding tert-OH is 1. The van der Waals surface area contributed by atoms with E-state index < -0.39 is 6.10 Å². The molecule has 0 amide bonds. The number of aliphatic hydroxyl groups is 1. The van der Waals surface area contributed by atoms with Crippen LogP contribution in [0.1, 0.15) is 0 Å². The van der Waals surface area contributed by atoms with Gasteiger partial charge in [0.1, 0.15) is 12.4 Å². The predicted octanol–water partition coefficient (Wildman–Crippen LogP) is 4.71. The van der Waals surface area contributed by atoms with Crippen LogP contribution in [0.25, 0.3) is 17.3 Å². The molecule has 6 nitrogen and oxygen atoms in total. The van der Waals surface area contributed by atoms with Gasteiger partial charge in [-0.15, -0.1) is 10.2 Å². The summed E-state index contributed by atoms with van der Waals surface area (Å²) >= 11 is 7.27. The van der Waals surface area contributed by atoms with Gasteiger partial charge in [-0.25, -0.2) is 0 Å². The molecule has 0 aliphatic heterocycles. The maximum atomic E-state index is 10.3. The summed E-state index contributed by atoms with van der Waals surface area (Å²) < 4.78 is 13.0. The Bertz CT molecular complexity index is 1040. The van der Waals surface area contributed by atoms with Crippen LogP contribution in [0.5, 0.6) is 5.75 Å². The van der Waals surface area contributed by atoms with E-state index in [0.717, 1.165) is 5.69 Å². The van der Waals surface area contributed by atoms with Crippen LogP contribution in [0.15, 0.2) is 82.6 Å². The molecule has 0 saturated carbocycles. The fourth-order valence-corrected chi connectivity index (χ4v) is 3.66. The lowest BCUT2D eigenvalue weighted by molar-refractivity contribution is 0.126. The molecule has 2 aromatic heterocycles. The molecule has 0 bridgehead atoms. The Hall–Kier alpha value is -2.74. The van der Waals surface area contributed by atoms with Gasteiger partial charge in [-0.2, -0.15) is 0 Å². The second kappa shape index (κ2) is 9.17. The molecule has 8 heteroatoms. The van der Waals surface area contributed by atoms with Gasteiger partial charge in [-0.05, 0) is 48.5 Å². The van der Waals surface area contributed by atoms with Gasteiger partial charge in [0.2, 0.25) is 5.82 Å². The Morgan fingerprint density at radius 3 is 2.55 bits per heavy atom. The number of furan rings is 1. The fraction of sp³-hybridized carbons (Fsp3) is 0.143. The first-order chi connectivity index (χ1) is 14.2. The number of halogens is 1. The van der Waals surface area contributed by atoms with Crippen molar-refractivity contribution in [3.8, 4) is 23.0 Å². The molecule has 2 aromatic carbocycles. The van der Waals surface area contributed by atoms with E-state index >= 15 is 0 Å². The minimum Gasteiger partial charge on any atom is -0.491 e. The third kappa shape index (κ3) is 4.82. The SMILES string of the molecule is OC(COc1ccc(Cl)cc1)CSc1nnc(-c2ccco2)n1-c1ccccc1. The van der Waals surface area contributed by atoms with Crippen LogP contribution in [0.2, 0.25) is 5.02 Å². The highest BCUT2D eigenvalue weighted by Crippen LogP contribution is 2.28. The molecule has 1 unspecified atom stereocenters. The van der Waals surface area contributed by atoms with Crippen LogP contribution < -0.4 is 4.74 Å². The molecular weight excluding hydrogens is 410 g/mol. The smallest absolute Gasteiger partial charge is 0.205 e. The molecular formula is C21H18ClN3O3S. The number of rotatable bonds is 8. The molecule has 29 heavy (non-hydrogen) atoms. The van der Waals surface area contributed by atoms with Crippen molar-refractivity contribution in [3.63, 3.8) is 0 Å². The fourth-order valence-electron chi connectivity index (χ4n) is 2.68. The molecule has 0 radical (unpaired) electrons. The van der Waals surface area contributed by atoms with Crippen molar-refractivity contribution in [2.75, 3.05) is 12.4 Å². The topological polar surface area (TPSA) is 73.3 Å². The average molecular weight is 428 g/mol. The number of aromatic nitrogens is 3. The van der Waals surface area contributed by atoms with Crippen LogP contribution >= 0.6 is 23.4 Å². The third-order valence-electron chi connectivity index (χ3n) is 4.05. The van der Waals surface area contributed by atoms with E-state index in [4.69, 9.17) is 20.8 Å². The van der Waals surface area contributed by atoms with Crippen molar-refractivity contribution in [1.29, 1.82) is 0 Å². The summed E-state index contributed by atoms with van der Waals surface area (Å²) in [5.41, 5.74) is 0.915. The van der Waals surface area contributed by atoms with Crippen molar-refractivity contribution >= 4 is 23.4 Å². The Labute approximate surface area is 177 Å². The van der Waals surface area contributed by atoms with Crippen molar-refractivity contribution < 1.29 is 14.3 Å². The monoisotopic (exact) mass is 427 g/mol. The van der Waals surface area contributed by atoms with E-state index in [1.807, 2.05) is 47.0 Å². The van der Waals surface area contributed by atoms with Gasteiger partial charge in [-0.1, -0.05) is 41.6 Å². The van der Waals surface area contributed by atoms with Crippen molar-refractivity contribution in [2.45, 2.75) is 11.3 Å². The first kappa shape index (κ1) is 19.6. The van der Waals surface area contributed by atoms with Crippen molar-refractivity contribution in [1.82, 2.24) is 14.8 Å². The summed E-state index contributed by atoms with van der Waals surface area (Å²) in [4.78, 5) is 0. The summed E-state index contributed by atoms with van der Waals surface area (Å²) in [6.07, 6.45) is 0.924. The standard InChI is InChI=1S/C21H18ClN3O3S/c22-15-8-10-18(11-9-15)28-13-17(26)14-29-21-24-23-20(19-7-4-12-27-19)25(21)16-5-2-1-3-6-16/h1-12,17,26H,13-14H2. The number of ether oxygens (including phenoxy) is 1. The molecule has 1 atom stereocenters. The largest absolute Gasteiger partial charge is 0.491 e. The first-order valence-electron chi connectivity index (χ1n) is 8.94. The van der Waals surface area contributed by atoms with Crippen LogP contribution in [-0.4, -0.2) is 38.3 Å². The van der Waals surface area contributed by atoms with E-state index in [1.54, 1.807) is 30.5 Å². The van der Waals surface area contributed by atoms with E-state index in [1.165, 1.54) is 11.8 Å². The summed E-state index contributed by atoms with van der Waals surface area (Å²) in [5.74, 6) is 2.29. The van der Waals surface area contributed by atoms with Gasteiger partial charge in [0, 0.05) is 16.5 Å². The van der Waals surface area contributed by atoms with Gasteiger partial charge < -0.3 is 14.3 Å². The van der Waals surface area contributed by atoms with E-state index in [2.05, 4.69) is 10.2 Å². The summed E-state index contributed by atoms with van der Waals surface area (Å²) in [7, 11) is 0. The molecule has 0 aliphatic carbocycles. The highest BCUT2D eigenvalue weighted by Gasteiger charge is 2.19. The molecule has 0 saturated heterocycles. The first-order valence-corrected chi connectivity index (χ1v) is 10.3. The van der Waals surface area contributed by atoms with E-state index in [-0.39, 0.29) is 6.61 Å². The number of thioether (sulfide) groups is 1. The Balaban J connectivity index is 1.46. The lowest BCUT2D eigenvalue weighted by Gasteiger charge is -2.13. The van der Waals surface area contributed by atoms with Gasteiger partial charge in [0.05, 0.1) is 12.4 Å². The zero-order valence-electron chi connectivity index (χ0n) is 15.3. The Kier molecular flexibility index (Phi) is 6.19. The lowest BCUT2D eigenvalue weighted by Crippen LogP contribution is -2.20. The zero-order chi connectivity index (χ0) is 20.1. The minimum absolute atomic E-state index is 0.166. The maximum Gasteiger partial charge on any atom is 0.205 e. The summed E-state index contributed by atoms with van der Waals surface area (Å²) in [6.45, 7) is 0.166. The van der Waals surface area contributed by atoms with E-state index in [9.17, 15) is 5.11 Å². The minimum atomic E-state index is -0.677. The number of para-hydroxylation sites is 1. The van der Waals surface area contributed by atoms with Gasteiger partial charge >= 0.3 is 0 Å². The van der Waals surface area contributed by atoms with Gasteiger partial charge in [0.25, 0.3) is 0 Å². The molecule has 0 aliphatic rings. The molecule has 0 fully saturated rings. The van der Waals surface area contributed by atoms with Crippen molar-refractivity contribution in [2.24, 2.45) is 0 Å². The van der Waals surface area contributed by atoms with E-state index in [0.29, 0.717) is 33.3 Å².